The van der Waals surface area contributed by atoms with E-state index in [0.29, 0.717) is 0 Å². The summed E-state index contributed by atoms with van der Waals surface area (Å²) >= 11 is 0. The molecular weight excluding hydrogens is 211 g/mol. The molecule has 0 N–H and O–H groups in total. The van der Waals surface area contributed by atoms with E-state index in [1.54, 1.807) is 0 Å². The molecule has 0 aromatic heterocycles. The summed E-state index contributed by atoms with van der Waals surface area (Å²) in [6.07, 6.45) is 7.50. The maximum atomic E-state index is 2.00. The summed E-state index contributed by atoms with van der Waals surface area (Å²) in [4.78, 5) is 0. The number of rotatable bonds is 0. The summed E-state index contributed by atoms with van der Waals surface area (Å²) < 4.78 is 0. The predicted molar refractivity (Wildman–Crippen MR) is 49.8 cm³/mol. The van der Waals surface area contributed by atoms with E-state index in [1.165, 1.54) is 32.1 Å². The largest absolute Gasteiger partial charge is 0.107 e. The highest BCUT2D eigenvalue weighted by atomic mass is 127. The molecule has 0 spiro atoms. The van der Waals surface area contributed by atoms with Crippen LogP contribution in [0.25, 0.3) is 0 Å². The van der Waals surface area contributed by atoms with Crippen LogP contribution in [0.3, 0.4) is 0 Å². The minimum atomic E-state index is 0. The van der Waals surface area contributed by atoms with E-state index in [9.17, 15) is 0 Å². The first kappa shape index (κ1) is 11.5. The third-order valence-electron chi connectivity index (χ3n) is 1.25. The first-order chi connectivity index (χ1) is 3.50. The third kappa shape index (κ3) is 6.73. The van der Waals surface area contributed by atoms with E-state index in [4.69, 9.17) is 0 Å². The van der Waals surface area contributed by atoms with Gasteiger partial charge in [-0.1, -0.05) is 46.0 Å². The molecule has 52 valence electrons. The summed E-state index contributed by atoms with van der Waals surface area (Å²) in [7, 11) is 0. The third-order valence-corrected chi connectivity index (χ3v) is 1.25. The maximum absolute atomic E-state index is 2.00. The van der Waals surface area contributed by atoms with Gasteiger partial charge in [-0.2, -0.15) is 0 Å². The Morgan fingerprint density at radius 1 is 0.625 bits per heavy atom. The van der Waals surface area contributed by atoms with Crippen LogP contribution in [0, 0.1) is 0 Å². The van der Waals surface area contributed by atoms with E-state index in [0.717, 1.165) is 0 Å². The Labute approximate surface area is 70.1 Å². The fraction of sp³-hybridized carbons (Fsp3) is 1.00. The lowest BCUT2D eigenvalue weighted by molar-refractivity contribution is 0.886. The Bertz CT molecular complexity index is 16.0. The molecule has 0 nitrogen and oxygen atoms in total. The Balaban J connectivity index is 0. The predicted octanol–water partition coefficient (Wildman–Crippen LogP) is 3.59. The highest BCUT2D eigenvalue weighted by Crippen LogP contribution is 2.15. The second kappa shape index (κ2) is 10.7. The topological polar surface area (TPSA) is 0 Å². The van der Waals surface area contributed by atoms with Crippen LogP contribution in [-0.2, 0) is 0 Å². The first-order valence-corrected chi connectivity index (χ1v) is 3.50. The van der Waals surface area contributed by atoms with Crippen molar-refractivity contribution in [3.63, 3.8) is 0 Å². The minimum Gasteiger partial charge on any atom is -0.107 e. The van der Waals surface area contributed by atoms with Crippen molar-refractivity contribution >= 4 is 24.0 Å². The van der Waals surface area contributed by atoms with Gasteiger partial charge in [-0.3, -0.25) is 0 Å². The van der Waals surface area contributed by atoms with Crippen molar-refractivity contribution in [3.8, 4) is 0 Å². The summed E-state index contributed by atoms with van der Waals surface area (Å²) in [5, 5.41) is 0. The molecule has 1 aliphatic rings. The highest BCUT2D eigenvalue weighted by molar-refractivity contribution is 14.0. The molecule has 0 aromatic rings. The minimum absolute atomic E-state index is 0. The molecule has 0 atom stereocenters. The van der Waals surface area contributed by atoms with E-state index in [-0.39, 0.29) is 24.0 Å². The Kier molecular flexibility index (Phi) is 15.4. The van der Waals surface area contributed by atoms with Gasteiger partial charge in [0.1, 0.15) is 0 Å². The molecule has 0 unspecified atom stereocenters. The number of hydrogen-bond donors (Lipinski definition) is 0. The van der Waals surface area contributed by atoms with E-state index in [2.05, 4.69) is 0 Å². The van der Waals surface area contributed by atoms with Crippen LogP contribution < -0.4 is 0 Å². The average molecular weight is 228 g/mol. The average Bonchev–Trinajstić information content (AvgIpc) is 2.23. The molecule has 1 heteroatoms. The molecule has 0 saturated heterocycles. The molecule has 0 amide bonds. The lowest BCUT2D eigenvalue weighted by Gasteiger charge is -1.67. The van der Waals surface area contributed by atoms with Crippen LogP contribution in [0.5, 0.6) is 0 Å². The van der Waals surface area contributed by atoms with Crippen LogP contribution in [-0.4, -0.2) is 0 Å². The molecule has 1 fully saturated rings. The van der Waals surface area contributed by atoms with Crippen LogP contribution in [0.1, 0.15) is 46.0 Å². The van der Waals surface area contributed by atoms with Crippen molar-refractivity contribution in [1.29, 1.82) is 0 Å². The van der Waals surface area contributed by atoms with E-state index in [1.807, 2.05) is 13.8 Å². The van der Waals surface area contributed by atoms with E-state index < -0.39 is 0 Å². The Morgan fingerprint density at radius 3 is 0.875 bits per heavy atom. The van der Waals surface area contributed by atoms with Gasteiger partial charge in [0.2, 0.25) is 0 Å². The summed E-state index contributed by atoms with van der Waals surface area (Å²) in [6.45, 7) is 4.00. The van der Waals surface area contributed by atoms with E-state index >= 15 is 0 Å². The lowest BCUT2D eigenvalue weighted by Crippen LogP contribution is -1.47. The summed E-state index contributed by atoms with van der Waals surface area (Å²) in [6, 6.07) is 0. The second-order valence-electron chi connectivity index (χ2n) is 1.77. The highest BCUT2D eigenvalue weighted by Gasteiger charge is 1.95. The maximum Gasteiger partial charge on any atom is -0.0533 e. The van der Waals surface area contributed by atoms with Crippen LogP contribution in [0.4, 0.5) is 0 Å². The monoisotopic (exact) mass is 228 g/mol. The Hall–Kier alpha value is 0.730. The fourth-order valence-corrected chi connectivity index (χ4v) is 0.884. The number of halogens is 1. The number of hydrogen-bond acceptors (Lipinski definition) is 0. The van der Waals surface area contributed by atoms with Gasteiger partial charge >= 0.3 is 0 Å². The van der Waals surface area contributed by atoms with Crippen LogP contribution >= 0.6 is 24.0 Å². The normalized spacial score (nSPS) is 15.8. The molecular formula is C7H17I. The molecule has 0 bridgehead atoms. The van der Waals surface area contributed by atoms with Gasteiger partial charge in [0, 0.05) is 0 Å². The molecule has 1 aliphatic carbocycles. The molecule has 1 saturated carbocycles. The zero-order chi connectivity index (χ0) is 5.54. The zero-order valence-electron chi connectivity index (χ0n) is 5.94. The molecule has 8 heavy (non-hydrogen) atoms. The Morgan fingerprint density at radius 2 is 0.750 bits per heavy atom. The molecule has 0 radical (unpaired) electrons. The van der Waals surface area contributed by atoms with Gasteiger partial charge in [0.05, 0.1) is 0 Å². The SMILES string of the molecule is C1CCCC1.CC.I. The van der Waals surface area contributed by atoms with Gasteiger partial charge < -0.3 is 0 Å². The van der Waals surface area contributed by atoms with Crippen LogP contribution in [0.2, 0.25) is 0 Å². The van der Waals surface area contributed by atoms with Gasteiger partial charge in [-0.25, -0.2) is 0 Å². The van der Waals surface area contributed by atoms with Crippen LogP contribution in [0.15, 0.2) is 0 Å². The van der Waals surface area contributed by atoms with Gasteiger partial charge in [-0.15, -0.1) is 24.0 Å². The standard InChI is InChI=1S/C5H10.C2H6.HI/c1-2-4-5-3-1;1-2;/h1-5H2;1-2H3;1H. The zero-order valence-corrected chi connectivity index (χ0v) is 8.27. The van der Waals surface area contributed by atoms with Crippen molar-refractivity contribution in [2.24, 2.45) is 0 Å². The van der Waals surface area contributed by atoms with Gasteiger partial charge in [0.25, 0.3) is 0 Å². The summed E-state index contributed by atoms with van der Waals surface area (Å²) in [5.74, 6) is 0. The summed E-state index contributed by atoms with van der Waals surface area (Å²) in [5.41, 5.74) is 0. The smallest absolute Gasteiger partial charge is 0.0533 e. The van der Waals surface area contributed by atoms with Crippen molar-refractivity contribution in [2.75, 3.05) is 0 Å². The van der Waals surface area contributed by atoms with Crippen molar-refractivity contribution < 1.29 is 0 Å². The van der Waals surface area contributed by atoms with Gasteiger partial charge in [0.15, 0.2) is 0 Å². The first-order valence-electron chi connectivity index (χ1n) is 3.50. The molecule has 0 heterocycles. The molecule has 1 rings (SSSR count). The molecule has 0 aromatic carbocycles. The van der Waals surface area contributed by atoms with Gasteiger partial charge in [-0.05, 0) is 0 Å². The lowest BCUT2D eigenvalue weighted by atomic mass is 10.4. The second-order valence-corrected chi connectivity index (χ2v) is 1.77. The van der Waals surface area contributed by atoms with Crippen molar-refractivity contribution in [1.82, 2.24) is 0 Å². The fourth-order valence-electron chi connectivity index (χ4n) is 0.884. The molecule has 0 aliphatic heterocycles. The van der Waals surface area contributed by atoms with Crippen molar-refractivity contribution in [3.05, 3.63) is 0 Å². The van der Waals surface area contributed by atoms with Crippen molar-refractivity contribution in [2.45, 2.75) is 46.0 Å². The quantitative estimate of drug-likeness (QED) is 0.556.